The summed E-state index contributed by atoms with van der Waals surface area (Å²) in [7, 11) is 0. The van der Waals surface area contributed by atoms with Gasteiger partial charge in [-0.05, 0) is 34.7 Å². The number of tetrazole rings is 1. The summed E-state index contributed by atoms with van der Waals surface area (Å²) < 4.78 is 20.9. The van der Waals surface area contributed by atoms with Crippen molar-refractivity contribution in [2.45, 2.75) is 6.10 Å². The molecule has 1 atom stereocenters. The van der Waals surface area contributed by atoms with Gasteiger partial charge in [0.15, 0.2) is 11.5 Å². The molecule has 0 N–H and O–H groups in total. The van der Waals surface area contributed by atoms with Gasteiger partial charge in [-0.1, -0.05) is 23.2 Å². The highest BCUT2D eigenvalue weighted by Crippen LogP contribution is 2.33. The SMILES string of the molecule is Fc1cc(C2CN(c3ccc4nnnn4n3)CCO2)c(Cl)cc1Cl. The summed E-state index contributed by atoms with van der Waals surface area (Å²) in [5.74, 6) is 0.179. The summed E-state index contributed by atoms with van der Waals surface area (Å²) in [5.41, 5.74) is 1.12. The van der Waals surface area contributed by atoms with Crippen LogP contribution in [0.25, 0.3) is 5.65 Å². The van der Waals surface area contributed by atoms with E-state index >= 15 is 0 Å². The standard InChI is InChI=1S/C14H11Cl2FN6O/c15-9-6-10(16)11(17)5-8(9)12-7-22(3-4-24-12)14-2-1-13-18-20-21-23(13)19-14/h1-2,5-6,12H,3-4,7H2. The van der Waals surface area contributed by atoms with Gasteiger partial charge in [0, 0.05) is 23.7 Å². The topological polar surface area (TPSA) is 68.4 Å². The second-order valence-electron chi connectivity index (χ2n) is 5.31. The van der Waals surface area contributed by atoms with Gasteiger partial charge in [0.1, 0.15) is 11.9 Å². The van der Waals surface area contributed by atoms with Crippen LogP contribution in [0.1, 0.15) is 11.7 Å². The molecule has 24 heavy (non-hydrogen) atoms. The number of aromatic nitrogens is 5. The molecule has 1 aliphatic heterocycles. The van der Waals surface area contributed by atoms with Crippen LogP contribution in [0.15, 0.2) is 24.3 Å². The first-order valence-electron chi connectivity index (χ1n) is 7.18. The van der Waals surface area contributed by atoms with Crippen molar-refractivity contribution in [3.05, 3.63) is 45.7 Å². The van der Waals surface area contributed by atoms with Gasteiger partial charge in [-0.2, -0.15) is 0 Å². The van der Waals surface area contributed by atoms with Crippen LogP contribution in [-0.2, 0) is 4.74 Å². The Bertz CT molecular complexity index is 904. The average Bonchev–Trinajstić information content (AvgIpc) is 3.06. The molecule has 1 unspecified atom stereocenters. The van der Waals surface area contributed by atoms with E-state index in [9.17, 15) is 4.39 Å². The fraction of sp³-hybridized carbons (Fsp3) is 0.286. The zero-order chi connectivity index (χ0) is 16.7. The molecule has 7 nitrogen and oxygen atoms in total. The van der Waals surface area contributed by atoms with Crippen molar-refractivity contribution in [2.24, 2.45) is 0 Å². The van der Waals surface area contributed by atoms with Gasteiger partial charge in [0.25, 0.3) is 0 Å². The molecule has 1 aliphatic rings. The molecule has 1 saturated heterocycles. The Kier molecular flexibility index (Phi) is 3.95. The first-order valence-corrected chi connectivity index (χ1v) is 7.94. The van der Waals surface area contributed by atoms with Gasteiger partial charge >= 0.3 is 0 Å². The van der Waals surface area contributed by atoms with Crippen LogP contribution >= 0.6 is 23.2 Å². The number of nitrogens with zero attached hydrogens (tertiary/aromatic N) is 6. The third-order valence-corrected chi connectivity index (χ3v) is 4.45. The maximum Gasteiger partial charge on any atom is 0.200 e. The molecule has 0 saturated carbocycles. The molecule has 0 bridgehead atoms. The number of ether oxygens (including phenoxy) is 1. The molecule has 0 amide bonds. The number of hydrogen-bond acceptors (Lipinski definition) is 6. The summed E-state index contributed by atoms with van der Waals surface area (Å²) in [4.78, 5) is 2.01. The first kappa shape index (κ1) is 15.5. The second-order valence-corrected chi connectivity index (χ2v) is 6.13. The number of anilines is 1. The van der Waals surface area contributed by atoms with Crippen molar-refractivity contribution in [3.63, 3.8) is 0 Å². The van der Waals surface area contributed by atoms with Crippen LogP contribution in [-0.4, -0.2) is 45.0 Å². The van der Waals surface area contributed by atoms with E-state index in [1.54, 1.807) is 6.07 Å². The fourth-order valence-corrected chi connectivity index (χ4v) is 3.14. The molecular weight excluding hydrogens is 358 g/mol. The molecule has 3 heterocycles. The van der Waals surface area contributed by atoms with Gasteiger partial charge in [-0.25, -0.2) is 4.39 Å². The molecule has 10 heteroatoms. The van der Waals surface area contributed by atoms with Gasteiger partial charge < -0.3 is 9.64 Å². The monoisotopic (exact) mass is 368 g/mol. The summed E-state index contributed by atoms with van der Waals surface area (Å²) in [6, 6.07) is 6.32. The van der Waals surface area contributed by atoms with E-state index < -0.39 is 5.82 Å². The highest BCUT2D eigenvalue weighted by molar-refractivity contribution is 6.35. The number of halogens is 3. The minimum Gasteiger partial charge on any atom is -0.370 e. The third-order valence-electron chi connectivity index (χ3n) is 3.83. The summed E-state index contributed by atoms with van der Waals surface area (Å²) in [5, 5.41) is 15.9. The minimum atomic E-state index is -0.523. The Labute approximate surface area is 145 Å². The average molecular weight is 369 g/mol. The van der Waals surface area contributed by atoms with Crippen molar-refractivity contribution >= 4 is 34.7 Å². The molecule has 3 aromatic rings. The quantitative estimate of drug-likeness (QED) is 0.647. The minimum absolute atomic E-state index is 0.0118. The molecule has 0 spiro atoms. The molecule has 4 rings (SSSR count). The van der Waals surface area contributed by atoms with E-state index in [2.05, 4.69) is 20.6 Å². The molecule has 1 aromatic carbocycles. The van der Waals surface area contributed by atoms with E-state index in [1.165, 1.54) is 16.8 Å². The Morgan fingerprint density at radius 3 is 2.96 bits per heavy atom. The highest BCUT2D eigenvalue weighted by Gasteiger charge is 2.26. The largest absolute Gasteiger partial charge is 0.370 e. The maximum absolute atomic E-state index is 13.8. The molecule has 2 aromatic heterocycles. The summed E-state index contributed by atoms with van der Waals surface area (Å²) >= 11 is 11.9. The zero-order valence-corrected chi connectivity index (χ0v) is 13.7. The summed E-state index contributed by atoms with van der Waals surface area (Å²) in [6.07, 6.45) is -0.385. The van der Waals surface area contributed by atoms with E-state index in [-0.39, 0.29) is 11.1 Å². The zero-order valence-electron chi connectivity index (χ0n) is 12.2. The number of benzene rings is 1. The lowest BCUT2D eigenvalue weighted by Crippen LogP contribution is -2.39. The Hall–Kier alpha value is -2.03. The van der Waals surface area contributed by atoms with Crippen LogP contribution in [0.4, 0.5) is 10.2 Å². The Morgan fingerprint density at radius 2 is 2.08 bits per heavy atom. The lowest BCUT2D eigenvalue weighted by molar-refractivity contribution is 0.0393. The highest BCUT2D eigenvalue weighted by atomic mass is 35.5. The predicted octanol–water partition coefficient (Wildman–Crippen LogP) is 2.54. The first-order chi connectivity index (χ1) is 11.6. The second kappa shape index (κ2) is 6.12. The fourth-order valence-electron chi connectivity index (χ4n) is 2.64. The maximum atomic E-state index is 13.8. The van der Waals surface area contributed by atoms with Crippen LogP contribution in [0.2, 0.25) is 10.0 Å². The Balaban J connectivity index is 1.62. The van der Waals surface area contributed by atoms with Crippen LogP contribution in [0.3, 0.4) is 0 Å². The number of rotatable bonds is 2. The normalized spacial score (nSPS) is 18.3. The van der Waals surface area contributed by atoms with E-state index in [1.807, 2.05) is 11.0 Å². The molecule has 0 aliphatic carbocycles. The molecule has 1 fully saturated rings. The van der Waals surface area contributed by atoms with Gasteiger partial charge in [-0.3, -0.25) is 0 Å². The molecular formula is C14H11Cl2FN6O. The van der Waals surface area contributed by atoms with Crippen molar-refractivity contribution in [1.29, 1.82) is 0 Å². The van der Waals surface area contributed by atoms with Crippen LogP contribution in [0.5, 0.6) is 0 Å². The van der Waals surface area contributed by atoms with Crippen molar-refractivity contribution < 1.29 is 9.13 Å². The predicted molar refractivity (Wildman–Crippen MR) is 85.9 cm³/mol. The van der Waals surface area contributed by atoms with Crippen molar-refractivity contribution in [3.8, 4) is 0 Å². The van der Waals surface area contributed by atoms with Crippen molar-refractivity contribution in [1.82, 2.24) is 25.3 Å². The number of hydrogen-bond donors (Lipinski definition) is 0. The van der Waals surface area contributed by atoms with Crippen molar-refractivity contribution in [2.75, 3.05) is 24.6 Å². The van der Waals surface area contributed by atoms with Gasteiger partial charge in [-0.15, -0.1) is 14.8 Å². The van der Waals surface area contributed by atoms with Crippen LogP contribution in [0, 0.1) is 5.82 Å². The van der Waals surface area contributed by atoms with Gasteiger partial charge in [0.2, 0.25) is 0 Å². The molecule has 124 valence electrons. The van der Waals surface area contributed by atoms with E-state index in [0.717, 1.165) is 0 Å². The number of fused-ring (bicyclic) bond motifs is 1. The lowest BCUT2D eigenvalue weighted by atomic mass is 10.1. The van der Waals surface area contributed by atoms with E-state index in [4.69, 9.17) is 27.9 Å². The summed E-state index contributed by atoms with van der Waals surface area (Å²) in [6.45, 7) is 1.58. The molecule has 0 radical (unpaired) electrons. The number of morpholine rings is 1. The lowest BCUT2D eigenvalue weighted by Gasteiger charge is -2.34. The van der Waals surface area contributed by atoms with Crippen LogP contribution < -0.4 is 4.90 Å². The van der Waals surface area contributed by atoms with Gasteiger partial charge in [0.05, 0.1) is 11.6 Å². The Morgan fingerprint density at radius 1 is 1.21 bits per heavy atom. The third kappa shape index (κ3) is 2.77. The smallest absolute Gasteiger partial charge is 0.200 e. The van der Waals surface area contributed by atoms with E-state index in [0.29, 0.717) is 41.7 Å².